The molecule has 23 heavy (non-hydrogen) atoms. The Morgan fingerprint density at radius 3 is 2.70 bits per heavy atom. The molecule has 1 aliphatic heterocycles. The fourth-order valence-electron chi connectivity index (χ4n) is 2.66. The Bertz CT molecular complexity index is 782. The predicted molar refractivity (Wildman–Crippen MR) is 89.4 cm³/mol. The van der Waals surface area contributed by atoms with E-state index < -0.39 is 0 Å². The zero-order chi connectivity index (χ0) is 16.6. The molecule has 0 spiro atoms. The van der Waals surface area contributed by atoms with Gasteiger partial charge >= 0.3 is 0 Å². The molecular formula is C16H18FN3O2S. The summed E-state index contributed by atoms with van der Waals surface area (Å²) in [7, 11) is 0. The maximum absolute atomic E-state index is 13.2. The van der Waals surface area contributed by atoms with Crippen molar-refractivity contribution in [1.82, 2.24) is 9.78 Å². The number of nitrogens with one attached hydrogen (secondary N) is 2. The summed E-state index contributed by atoms with van der Waals surface area (Å²) in [5.74, 6) is 0.301. The lowest BCUT2D eigenvalue weighted by Gasteiger charge is -2.16. The van der Waals surface area contributed by atoms with Crippen molar-refractivity contribution >= 4 is 23.5 Å². The summed E-state index contributed by atoms with van der Waals surface area (Å²) in [6.45, 7) is 3.99. The highest BCUT2D eigenvalue weighted by Crippen LogP contribution is 2.40. The van der Waals surface area contributed by atoms with Gasteiger partial charge in [0.2, 0.25) is 5.91 Å². The number of hydrogen-bond acceptors (Lipinski definition) is 3. The third-order valence-electron chi connectivity index (χ3n) is 4.07. The first-order valence-electron chi connectivity index (χ1n) is 7.52. The standard InChI is InChI=1S/C16H18FN3O2S/c1-3-9(2)20-15-13(16(22)19-20)14(23-8-12(21)18-15)10-4-6-11(17)7-5-10/h4-7,9,14H,3,8H2,1-2H3,(H,18,21)(H,19,22). The van der Waals surface area contributed by atoms with Crippen molar-refractivity contribution < 1.29 is 9.18 Å². The van der Waals surface area contributed by atoms with Gasteiger partial charge in [-0.1, -0.05) is 19.1 Å². The average Bonchev–Trinajstić information content (AvgIpc) is 2.74. The highest BCUT2D eigenvalue weighted by molar-refractivity contribution is 8.00. The van der Waals surface area contributed by atoms with Crippen LogP contribution in [0.2, 0.25) is 0 Å². The van der Waals surface area contributed by atoms with E-state index in [0.717, 1.165) is 12.0 Å². The third-order valence-corrected chi connectivity index (χ3v) is 5.34. The van der Waals surface area contributed by atoms with E-state index in [1.54, 1.807) is 16.8 Å². The molecule has 1 aromatic heterocycles. The number of aromatic nitrogens is 2. The van der Waals surface area contributed by atoms with Crippen LogP contribution in [-0.4, -0.2) is 21.4 Å². The number of nitrogens with zero attached hydrogens (tertiary/aromatic N) is 1. The van der Waals surface area contributed by atoms with Crippen LogP contribution >= 0.6 is 11.8 Å². The fourth-order valence-corrected chi connectivity index (χ4v) is 3.78. The number of rotatable bonds is 3. The van der Waals surface area contributed by atoms with Crippen molar-refractivity contribution in [3.63, 3.8) is 0 Å². The summed E-state index contributed by atoms with van der Waals surface area (Å²) in [6, 6.07) is 6.12. The highest BCUT2D eigenvalue weighted by atomic mass is 32.2. The van der Waals surface area contributed by atoms with Gasteiger partial charge in [-0.05, 0) is 31.0 Å². The first-order chi connectivity index (χ1) is 11.0. The molecule has 3 rings (SSSR count). The van der Waals surface area contributed by atoms with Gasteiger partial charge in [0, 0.05) is 6.04 Å². The van der Waals surface area contributed by atoms with Crippen LogP contribution in [0.15, 0.2) is 29.1 Å². The number of fused-ring (bicyclic) bond motifs is 1. The van der Waals surface area contributed by atoms with Gasteiger partial charge in [0.15, 0.2) is 0 Å². The van der Waals surface area contributed by atoms with Crippen LogP contribution in [0.1, 0.15) is 42.7 Å². The lowest BCUT2D eigenvalue weighted by atomic mass is 10.1. The molecule has 0 aliphatic carbocycles. The van der Waals surface area contributed by atoms with Gasteiger partial charge < -0.3 is 5.32 Å². The maximum Gasteiger partial charge on any atom is 0.270 e. The van der Waals surface area contributed by atoms with Gasteiger partial charge in [-0.15, -0.1) is 11.8 Å². The Hall–Kier alpha value is -2.02. The number of halogens is 1. The van der Waals surface area contributed by atoms with Crippen molar-refractivity contribution in [3.05, 3.63) is 51.6 Å². The van der Waals surface area contributed by atoms with E-state index in [4.69, 9.17) is 0 Å². The average molecular weight is 335 g/mol. The molecule has 0 radical (unpaired) electrons. The summed E-state index contributed by atoms with van der Waals surface area (Å²) in [6.07, 6.45) is 0.821. The van der Waals surface area contributed by atoms with E-state index in [2.05, 4.69) is 10.4 Å². The summed E-state index contributed by atoms with van der Waals surface area (Å²) < 4.78 is 14.9. The molecule has 2 N–H and O–H groups in total. The van der Waals surface area contributed by atoms with E-state index >= 15 is 0 Å². The molecular weight excluding hydrogens is 317 g/mol. The third kappa shape index (κ3) is 2.93. The number of carbonyl (C=O) groups excluding carboxylic acids is 1. The minimum Gasteiger partial charge on any atom is -0.310 e. The van der Waals surface area contributed by atoms with Crippen LogP contribution in [-0.2, 0) is 4.79 Å². The first-order valence-corrected chi connectivity index (χ1v) is 8.57. The highest BCUT2D eigenvalue weighted by Gasteiger charge is 2.31. The van der Waals surface area contributed by atoms with Gasteiger partial charge in [-0.3, -0.25) is 19.4 Å². The molecule has 2 aromatic rings. The summed E-state index contributed by atoms with van der Waals surface area (Å²) in [5.41, 5.74) is 1.11. The monoisotopic (exact) mass is 335 g/mol. The van der Waals surface area contributed by atoms with E-state index in [0.29, 0.717) is 11.4 Å². The van der Waals surface area contributed by atoms with Gasteiger partial charge in [-0.25, -0.2) is 4.39 Å². The van der Waals surface area contributed by atoms with Crippen molar-refractivity contribution in [2.45, 2.75) is 31.6 Å². The number of thioether (sulfide) groups is 1. The number of benzene rings is 1. The van der Waals surface area contributed by atoms with Crippen LogP contribution in [0.25, 0.3) is 0 Å². The quantitative estimate of drug-likeness (QED) is 0.906. The van der Waals surface area contributed by atoms with Crippen LogP contribution in [0.3, 0.4) is 0 Å². The maximum atomic E-state index is 13.2. The molecule has 0 saturated heterocycles. The minimum absolute atomic E-state index is 0.0590. The number of amides is 1. The molecule has 1 amide bonds. The zero-order valence-electron chi connectivity index (χ0n) is 12.9. The molecule has 2 atom stereocenters. The van der Waals surface area contributed by atoms with Crippen molar-refractivity contribution in [1.29, 1.82) is 0 Å². The number of anilines is 1. The van der Waals surface area contributed by atoms with Gasteiger partial charge in [0.1, 0.15) is 11.6 Å². The Balaban J connectivity index is 2.15. The second-order valence-corrected chi connectivity index (χ2v) is 6.71. The normalized spacial score (nSPS) is 18.9. The van der Waals surface area contributed by atoms with Crippen LogP contribution in [0, 0.1) is 5.82 Å². The van der Waals surface area contributed by atoms with Crippen molar-refractivity contribution in [3.8, 4) is 0 Å². The van der Waals surface area contributed by atoms with Crippen LogP contribution in [0.4, 0.5) is 10.2 Å². The lowest BCUT2D eigenvalue weighted by molar-refractivity contribution is -0.113. The van der Waals surface area contributed by atoms with E-state index in [-0.39, 0.29) is 34.3 Å². The van der Waals surface area contributed by atoms with Crippen molar-refractivity contribution in [2.75, 3.05) is 11.1 Å². The molecule has 7 heteroatoms. The predicted octanol–water partition coefficient (Wildman–Crippen LogP) is 3.06. The molecule has 122 valence electrons. The molecule has 0 fully saturated rings. The Labute approximate surface area is 137 Å². The number of H-pyrrole nitrogens is 1. The summed E-state index contributed by atoms with van der Waals surface area (Å²) >= 11 is 1.37. The van der Waals surface area contributed by atoms with Gasteiger partial charge in [0.05, 0.1) is 16.6 Å². The Morgan fingerprint density at radius 2 is 2.04 bits per heavy atom. The Morgan fingerprint density at radius 1 is 1.35 bits per heavy atom. The number of aromatic amines is 1. The SMILES string of the molecule is CCC(C)n1[nH]c(=O)c2c1NC(=O)CSC2c1ccc(F)cc1. The molecule has 5 nitrogen and oxygen atoms in total. The van der Waals surface area contributed by atoms with Gasteiger partial charge in [0.25, 0.3) is 5.56 Å². The largest absolute Gasteiger partial charge is 0.310 e. The Kier molecular flexibility index (Phi) is 4.30. The topological polar surface area (TPSA) is 66.9 Å². The minimum atomic E-state index is -0.326. The van der Waals surface area contributed by atoms with Crippen LogP contribution < -0.4 is 10.9 Å². The number of hydrogen-bond donors (Lipinski definition) is 2. The lowest BCUT2D eigenvalue weighted by Crippen LogP contribution is -2.18. The van der Waals surface area contributed by atoms with Crippen molar-refractivity contribution in [2.24, 2.45) is 0 Å². The van der Waals surface area contributed by atoms with E-state index in [1.165, 1.54) is 23.9 Å². The van der Waals surface area contributed by atoms with E-state index in [1.807, 2.05) is 13.8 Å². The first kappa shape index (κ1) is 15.9. The second kappa shape index (κ2) is 6.23. The molecule has 0 saturated carbocycles. The molecule has 2 heterocycles. The van der Waals surface area contributed by atoms with E-state index in [9.17, 15) is 14.0 Å². The molecule has 1 aliphatic rings. The fraction of sp³-hybridized carbons (Fsp3) is 0.375. The second-order valence-electron chi connectivity index (χ2n) is 5.62. The molecule has 1 aromatic carbocycles. The van der Waals surface area contributed by atoms with Crippen LogP contribution in [0.5, 0.6) is 0 Å². The molecule has 2 unspecified atom stereocenters. The smallest absolute Gasteiger partial charge is 0.270 e. The summed E-state index contributed by atoms with van der Waals surface area (Å²) in [4.78, 5) is 24.5. The van der Waals surface area contributed by atoms with Gasteiger partial charge in [-0.2, -0.15) is 0 Å². The zero-order valence-corrected chi connectivity index (χ0v) is 13.7. The molecule has 0 bridgehead atoms. The summed E-state index contributed by atoms with van der Waals surface area (Å²) in [5, 5.41) is 5.35. The number of carbonyl (C=O) groups is 1.